The number of likely N-dealkylation sites (tertiary alicyclic amines) is 1. The van der Waals surface area contributed by atoms with Gasteiger partial charge < -0.3 is 14.4 Å². The van der Waals surface area contributed by atoms with E-state index in [2.05, 4.69) is 53.7 Å². The number of hydrazine groups is 1. The van der Waals surface area contributed by atoms with Crippen molar-refractivity contribution < 1.29 is 14.5 Å². The van der Waals surface area contributed by atoms with E-state index < -0.39 is 5.03 Å². The van der Waals surface area contributed by atoms with Crippen LogP contribution in [0.5, 0.6) is 0 Å². The average molecular weight is 474 g/mol. The molecule has 3 rings (SSSR count). The van der Waals surface area contributed by atoms with Crippen LogP contribution in [0, 0.1) is 10.1 Å². The van der Waals surface area contributed by atoms with E-state index in [9.17, 15) is 10.1 Å². The summed E-state index contributed by atoms with van der Waals surface area (Å²) >= 11 is 0. The second-order valence-electron chi connectivity index (χ2n) is 8.75. The minimum absolute atomic E-state index is 0.0605. The monoisotopic (exact) mass is 473 g/mol. The number of methoxy groups -OCH3 is 1. The second-order valence-corrected chi connectivity index (χ2v) is 8.75. The Morgan fingerprint density at radius 2 is 1.82 bits per heavy atom. The quantitative estimate of drug-likeness (QED) is 0.200. The maximum Gasteiger partial charge on any atom is 0.157 e. The lowest BCUT2D eigenvalue weighted by Crippen LogP contribution is -2.47. The summed E-state index contributed by atoms with van der Waals surface area (Å²) in [6.45, 7) is 9.30. The maximum atomic E-state index is 11.2. The SMILES string of the molecule is CC.CC/C(=C\C=C(/C)OC)N1CCC(N[N+](=O)[O-])C1COC1CCC(c2ccccc2)CC1. The van der Waals surface area contributed by atoms with Crippen LogP contribution in [0.1, 0.15) is 77.7 Å². The summed E-state index contributed by atoms with van der Waals surface area (Å²) in [5.74, 6) is 1.44. The van der Waals surface area contributed by atoms with Crippen LogP contribution in [-0.4, -0.2) is 48.4 Å². The van der Waals surface area contributed by atoms with Gasteiger partial charge in [0.15, 0.2) is 5.03 Å². The summed E-state index contributed by atoms with van der Waals surface area (Å²) in [6, 6.07) is 10.4. The van der Waals surface area contributed by atoms with Gasteiger partial charge in [-0.2, -0.15) is 0 Å². The predicted molar refractivity (Wildman–Crippen MR) is 137 cm³/mol. The van der Waals surface area contributed by atoms with E-state index in [0.29, 0.717) is 12.5 Å². The number of nitrogens with zero attached hydrogens (tertiary/aromatic N) is 2. The first-order valence-corrected chi connectivity index (χ1v) is 12.8. The van der Waals surface area contributed by atoms with Gasteiger partial charge in [-0.15, -0.1) is 5.43 Å². The van der Waals surface area contributed by atoms with E-state index in [0.717, 1.165) is 56.5 Å². The largest absolute Gasteiger partial charge is 0.501 e. The Bertz CT molecular complexity index is 788. The molecule has 2 atom stereocenters. The van der Waals surface area contributed by atoms with Gasteiger partial charge in [0.25, 0.3) is 0 Å². The van der Waals surface area contributed by atoms with Gasteiger partial charge in [-0.1, -0.05) is 51.1 Å². The van der Waals surface area contributed by atoms with Gasteiger partial charge in [-0.05, 0) is 69.1 Å². The fourth-order valence-corrected chi connectivity index (χ4v) is 4.92. The normalized spacial score (nSPS) is 25.4. The lowest BCUT2D eigenvalue weighted by Gasteiger charge is -2.34. The molecule has 1 aliphatic heterocycles. The molecule has 0 aromatic heterocycles. The fourth-order valence-electron chi connectivity index (χ4n) is 4.92. The van der Waals surface area contributed by atoms with E-state index in [4.69, 9.17) is 9.47 Å². The number of hydrogen-bond donors (Lipinski definition) is 1. The minimum atomic E-state index is -0.420. The Hall–Kier alpha value is -2.54. The number of nitro groups is 1. The van der Waals surface area contributed by atoms with Crippen LogP contribution in [0.4, 0.5) is 0 Å². The van der Waals surface area contributed by atoms with Crippen LogP contribution in [0.15, 0.2) is 53.9 Å². The Morgan fingerprint density at radius 3 is 2.41 bits per heavy atom. The van der Waals surface area contributed by atoms with Crippen molar-refractivity contribution in [1.29, 1.82) is 0 Å². The molecule has 2 fully saturated rings. The molecule has 0 spiro atoms. The predicted octanol–water partition coefficient (Wildman–Crippen LogP) is 5.82. The average Bonchev–Trinajstić information content (AvgIpc) is 3.26. The van der Waals surface area contributed by atoms with Crippen molar-refractivity contribution in [3.63, 3.8) is 0 Å². The molecule has 2 unspecified atom stereocenters. The number of nitrogens with one attached hydrogen (secondary N) is 1. The maximum absolute atomic E-state index is 11.2. The molecule has 1 N–H and O–H groups in total. The third kappa shape index (κ3) is 8.05. The van der Waals surface area contributed by atoms with Gasteiger partial charge in [0.2, 0.25) is 0 Å². The molecule has 7 heteroatoms. The summed E-state index contributed by atoms with van der Waals surface area (Å²) in [7, 11) is 1.65. The van der Waals surface area contributed by atoms with E-state index in [-0.39, 0.29) is 18.2 Å². The van der Waals surface area contributed by atoms with Crippen LogP contribution in [0.25, 0.3) is 0 Å². The third-order valence-electron chi connectivity index (χ3n) is 6.83. The molecular formula is C27H43N3O4. The van der Waals surface area contributed by atoms with Crippen molar-refractivity contribution in [2.24, 2.45) is 0 Å². The zero-order chi connectivity index (χ0) is 24.9. The van der Waals surface area contributed by atoms with Crippen molar-refractivity contribution in [1.82, 2.24) is 10.3 Å². The molecule has 0 amide bonds. The fraction of sp³-hybridized carbons (Fsp3) is 0.630. The van der Waals surface area contributed by atoms with E-state index in [1.807, 2.05) is 26.8 Å². The van der Waals surface area contributed by atoms with Crippen LogP contribution in [-0.2, 0) is 9.47 Å². The van der Waals surface area contributed by atoms with E-state index in [1.54, 1.807) is 7.11 Å². The first kappa shape index (κ1) is 27.7. The van der Waals surface area contributed by atoms with E-state index in [1.165, 1.54) is 5.56 Å². The first-order valence-electron chi connectivity index (χ1n) is 12.8. The minimum Gasteiger partial charge on any atom is -0.501 e. The molecule has 1 heterocycles. The summed E-state index contributed by atoms with van der Waals surface area (Å²) in [4.78, 5) is 13.4. The summed E-state index contributed by atoms with van der Waals surface area (Å²) < 4.78 is 11.6. The van der Waals surface area contributed by atoms with Crippen LogP contribution in [0.3, 0.4) is 0 Å². The molecule has 1 aromatic rings. The Labute approximate surface area is 205 Å². The number of allylic oxidation sites excluding steroid dienone is 4. The standard InChI is InChI=1S/C25H37N3O4.C2H6/c1-4-22(13-10-19(2)31-3)27-17-16-24(26-28(29)30)25(27)18-32-23-14-11-21(12-15-23)20-8-6-5-7-9-20;1-2/h5-10,13,21,23-26H,4,11-12,14-18H2,1-3H3;1-2H3/b19-10+,22-13+;. The molecule has 1 aromatic carbocycles. The van der Waals surface area contributed by atoms with Gasteiger partial charge in [-0.3, -0.25) is 0 Å². The molecule has 1 aliphatic carbocycles. The highest BCUT2D eigenvalue weighted by molar-refractivity contribution is 5.20. The lowest BCUT2D eigenvalue weighted by atomic mass is 9.83. The summed E-state index contributed by atoms with van der Waals surface area (Å²) in [5.41, 5.74) is 5.09. The van der Waals surface area contributed by atoms with Crippen molar-refractivity contribution in [2.45, 2.75) is 90.3 Å². The lowest BCUT2D eigenvalue weighted by molar-refractivity contribution is -0.551. The molecule has 190 valence electrons. The molecule has 0 radical (unpaired) electrons. The molecular weight excluding hydrogens is 430 g/mol. The van der Waals surface area contributed by atoms with Gasteiger partial charge >= 0.3 is 0 Å². The number of hydrogen-bond acceptors (Lipinski definition) is 5. The summed E-state index contributed by atoms with van der Waals surface area (Å²) in [5, 5.41) is 10.8. The van der Waals surface area contributed by atoms with Crippen LogP contribution in [0.2, 0.25) is 0 Å². The number of ether oxygens (including phenoxy) is 2. The third-order valence-corrected chi connectivity index (χ3v) is 6.83. The smallest absolute Gasteiger partial charge is 0.157 e. The Morgan fingerprint density at radius 1 is 1.15 bits per heavy atom. The van der Waals surface area contributed by atoms with Gasteiger partial charge in [0, 0.05) is 12.2 Å². The topological polar surface area (TPSA) is 76.9 Å². The Kier molecular flexibility index (Phi) is 11.9. The highest BCUT2D eigenvalue weighted by Crippen LogP contribution is 2.34. The molecule has 1 saturated heterocycles. The summed E-state index contributed by atoms with van der Waals surface area (Å²) in [6.07, 6.45) is 10.1. The molecule has 7 nitrogen and oxygen atoms in total. The zero-order valence-corrected chi connectivity index (χ0v) is 21.5. The van der Waals surface area contributed by atoms with Crippen LogP contribution < -0.4 is 5.43 Å². The van der Waals surface area contributed by atoms with Gasteiger partial charge in [0.1, 0.15) is 6.04 Å². The van der Waals surface area contributed by atoms with E-state index >= 15 is 0 Å². The van der Waals surface area contributed by atoms with Gasteiger partial charge in [-0.25, -0.2) is 10.1 Å². The molecule has 2 aliphatic rings. The number of rotatable bonds is 10. The van der Waals surface area contributed by atoms with Crippen LogP contribution >= 0.6 is 0 Å². The second kappa shape index (κ2) is 14.7. The van der Waals surface area contributed by atoms with Gasteiger partial charge in [0.05, 0.1) is 31.6 Å². The first-order chi connectivity index (χ1) is 16.5. The highest BCUT2D eigenvalue weighted by Gasteiger charge is 2.38. The Balaban J connectivity index is 0.00000199. The zero-order valence-electron chi connectivity index (χ0n) is 21.5. The molecule has 0 bridgehead atoms. The van der Waals surface area contributed by atoms with Crippen molar-refractivity contribution in [3.8, 4) is 0 Å². The van der Waals surface area contributed by atoms with Crippen molar-refractivity contribution in [2.75, 3.05) is 20.3 Å². The molecule has 1 saturated carbocycles. The number of benzene rings is 1. The highest BCUT2D eigenvalue weighted by atomic mass is 16.7. The van der Waals surface area contributed by atoms with Crippen molar-refractivity contribution in [3.05, 3.63) is 69.6 Å². The van der Waals surface area contributed by atoms with Crippen molar-refractivity contribution >= 4 is 0 Å². The molecule has 34 heavy (non-hydrogen) atoms.